The third-order valence-corrected chi connectivity index (χ3v) is 3.41. The summed E-state index contributed by atoms with van der Waals surface area (Å²) >= 11 is 0. The van der Waals surface area contributed by atoms with Gasteiger partial charge in [-0.1, -0.05) is 6.07 Å². The highest BCUT2D eigenvalue weighted by atomic mass is 16.2. The van der Waals surface area contributed by atoms with E-state index in [1.54, 1.807) is 32.2 Å². The third kappa shape index (κ3) is 1.34. The summed E-state index contributed by atoms with van der Waals surface area (Å²) < 4.78 is 0. The summed E-state index contributed by atoms with van der Waals surface area (Å²) in [5, 5.41) is 10.0. The number of carbonyl (C=O) groups is 2. The van der Waals surface area contributed by atoms with Gasteiger partial charge >= 0.3 is 0 Å². The quantitative estimate of drug-likeness (QED) is 0.790. The van der Waals surface area contributed by atoms with Crippen molar-refractivity contribution < 1.29 is 9.59 Å². The normalized spacial score (nSPS) is 14.9. The van der Waals surface area contributed by atoms with Crippen molar-refractivity contribution in [3.8, 4) is 6.07 Å². The van der Waals surface area contributed by atoms with Crippen LogP contribution in [0, 0.1) is 11.3 Å². The van der Waals surface area contributed by atoms with Crippen LogP contribution in [-0.4, -0.2) is 27.2 Å². The molecule has 3 rings (SSSR count). The number of rotatable bonds is 1. The van der Waals surface area contributed by atoms with Gasteiger partial charge in [0.15, 0.2) is 0 Å². The molecule has 0 fully saturated rings. The van der Waals surface area contributed by atoms with Crippen molar-refractivity contribution in [1.82, 2.24) is 9.88 Å². The van der Waals surface area contributed by atoms with Gasteiger partial charge in [0.05, 0.1) is 22.7 Å². The number of benzene rings is 1. The van der Waals surface area contributed by atoms with E-state index in [4.69, 9.17) is 5.26 Å². The molecule has 1 aliphatic heterocycles. The number of aromatic amines is 1. The first-order chi connectivity index (χ1) is 8.97. The number of hydrogen-bond acceptors (Lipinski definition) is 3. The van der Waals surface area contributed by atoms with Crippen LogP contribution in [0.5, 0.6) is 0 Å². The molecule has 2 amide bonds. The first-order valence-corrected chi connectivity index (χ1v) is 5.87. The number of carbonyl (C=O) groups excluding carboxylic acids is 2. The summed E-state index contributed by atoms with van der Waals surface area (Å²) in [4.78, 5) is 28.8. The minimum atomic E-state index is -1.16. The van der Waals surface area contributed by atoms with Gasteiger partial charge in [-0.25, -0.2) is 0 Å². The van der Waals surface area contributed by atoms with Gasteiger partial charge in [0, 0.05) is 11.6 Å². The molecule has 0 radical (unpaired) electrons. The SMILES string of the molecule is CC(C)(C#N)N1C(=O)c2ccc3cc[nH]c3c2C1=O. The van der Waals surface area contributed by atoms with Crippen molar-refractivity contribution in [3.63, 3.8) is 0 Å². The second-order valence-corrected chi connectivity index (χ2v) is 5.05. The maximum Gasteiger partial charge on any atom is 0.265 e. The summed E-state index contributed by atoms with van der Waals surface area (Å²) in [5.74, 6) is -0.831. The molecule has 94 valence electrons. The van der Waals surface area contributed by atoms with Crippen LogP contribution in [0.2, 0.25) is 0 Å². The highest BCUT2D eigenvalue weighted by molar-refractivity contribution is 6.26. The van der Waals surface area contributed by atoms with Crippen LogP contribution in [-0.2, 0) is 0 Å². The van der Waals surface area contributed by atoms with E-state index in [9.17, 15) is 9.59 Å². The van der Waals surface area contributed by atoms with Crippen molar-refractivity contribution in [2.24, 2.45) is 0 Å². The number of amides is 2. The van der Waals surface area contributed by atoms with Crippen molar-refractivity contribution in [1.29, 1.82) is 5.26 Å². The second kappa shape index (κ2) is 3.45. The maximum absolute atomic E-state index is 12.5. The van der Waals surface area contributed by atoms with Crippen LogP contribution in [0.15, 0.2) is 24.4 Å². The lowest BCUT2D eigenvalue weighted by Crippen LogP contribution is -2.46. The van der Waals surface area contributed by atoms with Gasteiger partial charge in [-0.2, -0.15) is 5.26 Å². The van der Waals surface area contributed by atoms with Gasteiger partial charge in [0.2, 0.25) is 0 Å². The Labute approximate surface area is 109 Å². The molecule has 1 N–H and O–H groups in total. The molecule has 5 heteroatoms. The second-order valence-electron chi connectivity index (χ2n) is 5.05. The lowest BCUT2D eigenvalue weighted by Gasteiger charge is -2.26. The van der Waals surface area contributed by atoms with E-state index in [1.165, 1.54) is 0 Å². The first-order valence-electron chi connectivity index (χ1n) is 5.87. The molecule has 19 heavy (non-hydrogen) atoms. The van der Waals surface area contributed by atoms with Crippen LogP contribution >= 0.6 is 0 Å². The fraction of sp³-hybridized carbons (Fsp3) is 0.214. The molecule has 1 aromatic heterocycles. The molecule has 0 atom stereocenters. The monoisotopic (exact) mass is 253 g/mol. The Balaban J connectivity index is 2.28. The molecule has 2 aromatic rings. The van der Waals surface area contributed by atoms with E-state index in [2.05, 4.69) is 4.98 Å². The number of nitrogens with zero attached hydrogens (tertiary/aromatic N) is 2. The molecular formula is C14H11N3O2. The number of fused-ring (bicyclic) bond motifs is 3. The third-order valence-electron chi connectivity index (χ3n) is 3.41. The van der Waals surface area contributed by atoms with Gasteiger partial charge in [0.1, 0.15) is 5.54 Å². The van der Waals surface area contributed by atoms with Gasteiger partial charge in [0.25, 0.3) is 11.8 Å². The van der Waals surface area contributed by atoms with E-state index in [-0.39, 0.29) is 0 Å². The molecule has 0 saturated heterocycles. The molecular weight excluding hydrogens is 242 g/mol. The minimum absolute atomic E-state index is 0.350. The van der Waals surface area contributed by atoms with Gasteiger partial charge < -0.3 is 4.98 Å². The molecule has 0 unspecified atom stereocenters. The topological polar surface area (TPSA) is 77.0 Å². The summed E-state index contributed by atoms with van der Waals surface area (Å²) in [6, 6.07) is 7.26. The van der Waals surface area contributed by atoms with E-state index < -0.39 is 17.4 Å². The van der Waals surface area contributed by atoms with Crippen LogP contribution in [0.25, 0.3) is 10.9 Å². The zero-order chi connectivity index (χ0) is 13.8. The number of imide groups is 1. The van der Waals surface area contributed by atoms with Gasteiger partial charge in [-0.05, 0) is 26.0 Å². The van der Waals surface area contributed by atoms with Crippen molar-refractivity contribution in [2.75, 3.05) is 0 Å². The number of nitrogens with one attached hydrogen (secondary N) is 1. The van der Waals surface area contributed by atoms with Crippen LogP contribution in [0.4, 0.5) is 0 Å². The highest BCUT2D eigenvalue weighted by Crippen LogP contribution is 2.33. The van der Waals surface area contributed by atoms with E-state index in [1.807, 2.05) is 12.1 Å². The molecule has 0 bridgehead atoms. The zero-order valence-corrected chi connectivity index (χ0v) is 10.5. The molecule has 0 saturated carbocycles. The minimum Gasteiger partial charge on any atom is -0.361 e. The van der Waals surface area contributed by atoms with E-state index >= 15 is 0 Å². The Bertz CT molecular complexity index is 765. The molecule has 1 aromatic carbocycles. The summed E-state index contributed by atoms with van der Waals surface area (Å²) in [5.41, 5.74) is 0.192. The van der Waals surface area contributed by atoms with Crippen molar-refractivity contribution >= 4 is 22.7 Å². The van der Waals surface area contributed by atoms with Crippen molar-refractivity contribution in [3.05, 3.63) is 35.5 Å². The lowest BCUT2D eigenvalue weighted by molar-refractivity contribution is 0.0550. The number of hydrogen-bond donors (Lipinski definition) is 1. The largest absolute Gasteiger partial charge is 0.361 e. The van der Waals surface area contributed by atoms with Crippen LogP contribution < -0.4 is 0 Å². The Morgan fingerprint density at radius 3 is 2.63 bits per heavy atom. The fourth-order valence-electron chi connectivity index (χ4n) is 2.41. The smallest absolute Gasteiger partial charge is 0.265 e. The average Bonchev–Trinajstić information content (AvgIpc) is 2.93. The predicted octanol–water partition coefficient (Wildman–Crippen LogP) is 2.07. The lowest BCUT2D eigenvalue weighted by atomic mass is 10.1. The molecule has 2 heterocycles. The summed E-state index contributed by atoms with van der Waals surface area (Å²) in [6.45, 7) is 3.11. The van der Waals surface area contributed by atoms with Crippen LogP contribution in [0.3, 0.4) is 0 Å². The Morgan fingerprint density at radius 1 is 1.21 bits per heavy atom. The number of H-pyrrole nitrogens is 1. The standard InChI is InChI=1S/C14H11N3O2/c1-14(2,7-15)17-12(18)9-4-3-8-5-6-16-11(8)10(9)13(17)19/h3-6,16H,1-2H3. The molecule has 1 aliphatic rings. The average molecular weight is 253 g/mol. The number of aromatic nitrogens is 1. The first kappa shape index (κ1) is 11.5. The number of nitriles is 1. The summed E-state index contributed by atoms with van der Waals surface area (Å²) in [7, 11) is 0. The van der Waals surface area contributed by atoms with Gasteiger partial charge in [-0.15, -0.1) is 0 Å². The van der Waals surface area contributed by atoms with Crippen molar-refractivity contribution in [2.45, 2.75) is 19.4 Å². The molecule has 0 spiro atoms. The Kier molecular flexibility index (Phi) is 2.08. The highest BCUT2D eigenvalue weighted by Gasteiger charge is 2.45. The maximum atomic E-state index is 12.5. The van der Waals surface area contributed by atoms with Gasteiger partial charge in [-0.3, -0.25) is 14.5 Å². The van der Waals surface area contributed by atoms with E-state index in [0.29, 0.717) is 16.6 Å². The molecule has 0 aliphatic carbocycles. The zero-order valence-electron chi connectivity index (χ0n) is 10.5. The Morgan fingerprint density at radius 2 is 1.95 bits per heavy atom. The molecule has 5 nitrogen and oxygen atoms in total. The van der Waals surface area contributed by atoms with Crippen LogP contribution in [0.1, 0.15) is 34.6 Å². The van der Waals surface area contributed by atoms with E-state index in [0.717, 1.165) is 10.3 Å². The summed E-state index contributed by atoms with van der Waals surface area (Å²) in [6.07, 6.45) is 1.72. The fourth-order valence-corrected chi connectivity index (χ4v) is 2.41. The Hall–Kier alpha value is -2.61. The predicted molar refractivity (Wildman–Crippen MR) is 68.5 cm³/mol.